The van der Waals surface area contributed by atoms with Gasteiger partial charge in [0, 0.05) is 12.0 Å². The fraction of sp³-hybridized carbons (Fsp3) is 0.889. The van der Waals surface area contributed by atoms with E-state index in [1.807, 2.05) is 0 Å². The molecule has 74 valence electrons. The van der Waals surface area contributed by atoms with Gasteiger partial charge in [0.05, 0.1) is 6.61 Å². The summed E-state index contributed by atoms with van der Waals surface area (Å²) < 4.78 is 5.27. The highest BCUT2D eigenvalue weighted by Gasteiger charge is 2.39. The molecule has 2 aliphatic rings. The van der Waals surface area contributed by atoms with Crippen LogP contribution in [0.1, 0.15) is 25.7 Å². The number of aliphatic carboxylic acids is 1. The fourth-order valence-electron chi connectivity index (χ4n) is 2.28. The Labute approximate surface area is 77.3 Å². The summed E-state index contributed by atoms with van der Waals surface area (Å²) in [7, 11) is 0. The first-order valence-electron chi connectivity index (χ1n) is 4.80. The predicted molar refractivity (Wildman–Crippen MR) is 46.3 cm³/mol. The third-order valence-corrected chi connectivity index (χ3v) is 3.11. The molecule has 1 atom stereocenters. The summed E-state index contributed by atoms with van der Waals surface area (Å²) in [4.78, 5) is 10.6. The first kappa shape index (κ1) is 8.97. The Morgan fingerprint density at radius 1 is 1.46 bits per heavy atom. The number of carbonyl (C=O) groups is 1. The molecule has 0 bridgehead atoms. The maximum atomic E-state index is 10.6. The summed E-state index contributed by atoms with van der Waals surface area (Å²) in [6.07, 6.45) is 4.07. The molecule has 1 aliphatic carbocycles. The van der Waals surface area contributed by atoms with Gasteiger partial charge in [0.15, 0.2) is 0 Å². The molecule has 0 radical (unpaired) electrons. The fourth-order valence-corrected chi connectivity index (χ4v) is 2.28. The molecule has 0 aromatic rings. The van der Waals surface area contributed by atoms with Crippen molar-refractivity contribution in [1.29, 1.82) is 0 Å². The van der Waals surface area contributed by atoms with E-state index in [0.717, 1.165) is 6.54 Å². The monoisotopic (exact) mass is 185 g/mol. The van der Waals surface area contributed by atoms with Crippen molar-refractivity contribution in [3.05, 3.63) is 0 Å². The quantitative estimate of drug-likeness (QED) is 0.627. The number of hydrogen-bond acceptors (Lipinski definition) is 3. The smallest absolute Gasteiger partial charge is 0.348 e. The van der Waals surface area contributed by atoms with Crippen LogP contribution in [0.5, 0.6) is 0 Å². The zero-order valence-electron chi connectivity index (χ0n) is 7.58. The van der Waals surface area contributed by atoms with Gasteiger partial charge >= 0.3 is 5.97 Å². The molecular formula is C9H15NO3. The molecule has 0 aromatic heterocycles. The molecule has 1 saturated carbocycles. The van der Waals surface area contributed by atoms with Crippen LogP contribution in [0.2, 0.25) is 0 Å². The van der Waals surface area contributed by atoms with Gasteiger partial charge in [-0.05, 0) is 12.8 Å². The lowest BCUT2D eigenvalue weighted by molar-refractivity contribution is -0.161. The van der Waals surface area contributed by atoms with Crippen LogP contribution in [-0.2, 0) is 9.53 Å². The maximum Gasteiger partial charge on any atom is 0.348 e. The molecule has 1 heterocycles. The maximum absolute atomic E-state index is 10.6. The lowest BCUT2D eigenvalue weighted by Crippen LogP contribution is -2.52. The van der Waals surface area contributed by atoms with E-state index in [2.05, 4.69) is 5.32 Å². The molecule has 1 spiro atoms. The van der Waals surface area contributed by atoms with Crippen LogP contribution in [0.25, 0.3) is 0 Å². The van der Waals surface area contributed by atoms with E-state index in [4.69, 9.17) is 9.84 Å². The van der Waals surface area contributed by atoms with Crippen molar-refractivity contribution in [1.82, 2.24) is 5.32 Å². The van der Waals surface area contributed by atoms with E-state index in [9.17, 15) is 4.79 Å². The molecular weight excluding hydrogens is 170 g/mol. The molecule has 2 rings (SSSR count). The third kappa shape index (κ3) is 1.69. The van der Waals surface area contributed by atoms with Gasteiger partial charge in [-0.15, -0.1) is 0 Å². The third-order valence-electron chi connectivity index (χ3n) is 3.11. The van der Waals surface area contributed by atoms with Gasteiger partial charge in [-0.1, -0.05) is 12.8 Å². The van der Waals surface area contributed by atoms with Gasteiger partial charge in [-0.3, -0.25) is 5.32 Å². The highest BCUT2D eigenvalue weighted by atomic mass is 16.5. The lowest BCUT2D eigenvalue weighted by atomic mass is 9.86. The van der Waals surface area contributed by atoms with Gasteiger partial charge in [-0.25, -0.2) is 4.79 Å². The Kier molecular flexibility index (Phi) is 2.26. The van der Waals surface area contributed by atoms with Crippen LogP contribution in [0, 0.1) is 5.41 Å². The molecule has 0 amide bonds. The summed E-state index contributed by atoms with van der Waals surface area (Å²) >= 11 is 0. The van der Waals surface area contributed by atoms with Crippen LogP contribution in [-0.4, -0.2) is 30.5 Å². The molecule has 4 nitrogen and oxygen atoms in total. The molecule has 1 saturated heterocycles. The molecule has 1 aliphatic heterocycles. The summed E-state index contributed by atoms with van der Waals surface area (Å²) in [5.41, 5.74) is 0.242. The number of ether oxygens (including phenoxy) is 1. The van der Waals surface area contributed by atoms with Gasteiger partial charge < -0.3 is 9.84 Å². The van der Waals surface area contributed by atoms with Crippen molar-refractivity contribution >= 4 is 5.97 Å². The number of nitrogens with one attached hydrogen (secondary N) is 1. The van der Waals surface area contributed by atoms with Crippen molar-refractivity contribution < 1.29 is 14.6 Å². The van der Waals surface area contributed by atoms with Crippen LogP contribution in [0.3, 0.4) is 0 Å². The van der Waals surface area contributed by atoms with Crippen molar-refractivity contribution in [3.63, 3.8) is 0 Å². The minimum absolute atomic E-state index is 0.242. The Hall–Kier alpha value is -0.610. The van der Waals surface area contributed by atoms with Crippen molar-refractivity contribution in [2.75, 3.05) is 13.2 Å². The predicted octanol–water partition coefficient (Wildman–Crippen LogP) is 0.577. The lowest BCUT2D eigenvalue weighted by Gasteiger charge is -2.36. The standard InChI is InChI=1S/C9H15NO3/c11-8(12)7-10-5-9(6-13-7)3-1-2-4-9/h7,10H,1-6H2,(H,11,12). The molecule has 2 N–H and O–H groups in total. The van der Waals surface area contributed by atoms with Gasteiger partial charge in [-0.2, -0.15) is 0 Å². The minimum Gasteiger partial charge on any atom is -0.478 e. The SMILES string of the molecule is O=C(O)C1NCC2(CCCC2)CO1. The number of hydrogen-bond donors (Lipinski definition) is 2. The summed E-state index contributed by atoms with van der Waals surface area (Å²) in [5, 5.41) is 11.6. The van der Waals surface area contributed by atoms with E-state index in [1.165, 1.54) is 25.7 Å². The zero-order valence-corrected chi connectivity index (χ0v) is 7.58. The Balaban J connectivity index is 1.91. The topological polar surface area (TPSA) is 58.6 Å². The first-order chi connectivity index (χ1) is 6.22. The van der Waals surface area contributed by atoms with Gasteiger partial charge in [0.1, 0.15) is 0 Å². The second-order valence-corrected chi connectivity index (χ2v) is 4.12. The largest absolute Gasteiger partial charge is 0.478 e. The van der Waals surface area contributed by atoms with E-state index in [0.29, 0.717) is 6.61 Å². The second kappa shape index (κ2) is 3.27. The zero-order chi connectivity index (χ0) is 9.31. The normalized spacial score (nSPS) is 32.2. The van der Waals surface area contributed by atoms with E-state index >= 15 is 0 Å². The second-order valence-electron chi connectivity index (χ2n) is 4.12. The molecule has 4 heteroatoms. The number of carboxylic acid groups (broad SMARTS) is 1. The number of carboxylic acids is 1. The minimum atomic E-state index is -0.909. The Morgan fingerprint density at radius 2 is 2.15 bits per heavy atom. The van der Waals surface area contributed by atoms with E-state index in [-0.39, 0.29) is 5.41 Å². The van der Waals surface area contributed by atoms with Crippen molar-refractivity contribution in [2.24, 2.45) is 5.41 Å². The molecule has 0 aromatic carbocycles. The van der Waals surface area contributed by atoms with Crippen molar-refractivity contribution in [2.45, 2.75) is 31.9 Å². The van der Waals surface area contributed by atoms with Gasteiger partial charge in [0.2, 0.25) is 6.23 Å². The van der Waals surface area contributed by atoms with Crippen molar-refractivity contribution in [3.8, 4) is 0 Å². The van der Waals surface area contributed by atoms with Crippen LogP contribution < -0.4 is 5.32 Å². The highest BCUT2D eigenvalue weighted by molar-refractivity contribution is 5.71. The summed E-state index contributed by atoms with van der Waals surface area (Å²) in [6.45, 7) is 1.40. The molecule has 13 heavy (non-hydrogen) atoms. The summed E-state index contributed by atoms with van der Waals surface area (Å²) in [6, 6.07) is 0. The average Bonchev–Trinajstić information content (AvgIpc) is 2.54. The first-order valence-corrected chi connectivity index (χ1v) is 4.80. The van der Waals surface area contributed by atoms with E-state index in [1.54, 1.807) is 0 Å². The van der Waals surface area contributed by atoms with Crippen LogP contribution >= 0.6 is 0 Å². The number of rotatable bonds is 1. The highest BCUT2D eigenvalue weighted by Crippen LogP contribution is 2.39. The average molecular weight is 185 g/mol. The molecule has 1 unspecified atom stereocenters. The van der Waals surface area contributed by atoms with Gasteiger partial charge in [0.25, 0.3) is 0 Å². The summed E-state index contributed by atoms with van der Waals surface area (Å²) in [5.74, 6) is -0.909. The molecule has 2 fully saturated rings. The van der Waals surface area contributed by atoms with E-state index < -0.39 is 12.2 Å². The van der Waals surface area contributed by atoms with Crippen LogP contribution in [0.4, 0.5) is 0 Å². The Morgan fingerprint density at radius 3 is 2.62 bits per heavy atom. The van der Waals surface area contributed by atoms with Crippen LogP contribution in [0.15, 0.2) is 0 Å². The Bertz CT molecular complexity index is 201.